The molecule has 1 aliphatic rings. The maximum atomic E-state index is 12.1. The summed E-state index contributed by atoms with van der Waals surface area (Å²) in [7, 11) is 0. The Hall–Kier alpha value is -2.89. The fraction of sp³-hybridized carbons (Fsp3) is 0.316. The number of amides is 2. The average Bonchev–Trinajstić information content (AvgIpc) is 2.63. The average molecular weight is 342 g/mol. The molecule has 3 rings (SSSR count). The molecular weight excluding hydrogens is 320 g/mol. The Morgan fingerprint density at radius 3 is 2.76 bits per heavy atom. The number of nitrogens with one attached hydrogen (secondary N) is 2. The Morgan fingerprint density at radius 2 is 1.92 bits per heavy atom. The third-order valence-corrected chi connectivity index (χ3v) is 3.74. The van der Waals surface area contributed by atoms with Crippen molar-refractivity contribution in [2.24, 2.45) is 0 Å². The number of para-hydroxylation sites is 2. The van der Waals surface area contributed by atoms with E-state index in [0.717, 1.165) is 17.1 Å². The molecule has 0 aromatic heterocycles. The lowest BCUT2D eigenvalue weighted by Gasteiger charge is -2.19. The summed E-state index contributed by atoms with van der Waals surface area (Å²) in [6.07, 6.45) is 0.706. The van der Waals surface area contributed by atoms with Crippen LogP contribution in [0.2, 0.25) is 0 Å². The van der Waals surface area contributed by atoms with E-state index in [-0.39, 0.29) is 6.03 Å². The molecule has 0 aliphatic carbocycles. The molecule has 0 spiro atoms. The number of anilines is 1. The van der Waals surface area contributed by atoms with Crippen LogP contribution in [-0.2, 0) is 6.42 Å². The first-order chi connectivity index (χ1) is 12.3. The van der Waals surface area contributed by atoms with Crippen molar-refractivity contribution in [1.82, 2.24) is 5.32 Å². The third kappa shape index (κ3) is 4.56. The summed E-state index contributed by atoms with van der Waals surface area (Å²) in [5, 5.41) is 5.66. The summed E-state index contributed by atoms with van der Waals surface area (Å²) >= 11 is 0. The van der Waals surface area contributed by atoms with Crippen LogP contribution in [0, 0.1) is 0 Å². The van der Waals surface area contributed by atoms with E-state index in [4.69, 9.17) is 14.2 Å². The van der Waals surface area contributed by atoms with Crippen LogP contribution in [0.15, 0.2) is 42.5 Å². The Balaban J connectivity index is 1.50. The minimum absolute atomic E-state index is 0.260. The summed E-state index contributed by atoms with van der Waals surface area (Å²) in [5.41, 5.74) is 1.74. The van der Waals surface area contributed by atoms with Crippen LogP contribution in [0.4, 0.5) is 10.5 Å². The Kier molecular flexibility index (Phi) is 5.61. The highest BCUT2D eigenvalue weighted by Crippen LogP contribution is 2.30. The molecule has 0 radical (unpaired) electrons. The molecule has 0 saturated heterocycles. The number of hydrogen-bond acceptors (Lipinski definition) is 4. The number of ether oxygens (including phenoxy) is 3. The van der Waals surface area contributed by atoms with Gasteiger partial charge in [-0.15, -0.1) is 0 Å². The van der Waals surface area contributed by atoms with Crippen LogP contribution < -0.4 is 24.8 Å². The molecule has 1 heterocycles. The number of rotatable bonds is 6. The van der Waals surface area contributed by atoms with Crippen molar-refractivity contribution >= 4 is 11.7 Å². The fourth-order valence-corrected chi connectivity index (χ4v) is 2.58. The topological polar surface area (TPSA) is 68.8 Å². The van der Waals surface area contributed by atoms with Gasteiger partial charge in [0, 0.05) is 6.54 Å². The molecule has 25 heavy (non-hydrogen) atoms. The first-order valence-corrected chi connectivity index (χ1v) is 8.41. The summed E-state index contributed by atoms with van der Waals surface area (Å²) < 4.78 is 16.6. The van der Waals surface area contributed by atoms with E-state index in [1.807, 2.05) is 49.4 Å². The van der Waals surface area contributed by atoms with Gasteiger partial charge in [-0.1, -0.05) is 18.2 Å². The zero-order chi connectivity index (χ0) is 17.5. The Labute approximate surface area is 147 Å². The van der Waals surface area contributed by atoms with Crippen molar-refractivity contribution in [2.75, 3.05) is 31.7 Å². The smallest absolute Gasteiger partial charge is 0.319 e. The highest BCUT2D eigenvalue weighted by molar-refractivity contribution is 5.90. The van der Waals surface area contributed by atoms with Crippen molar-refractivity contribution < 1.29 is 19.0 Å². The SMILES string of the molecule is CCOc1ccccc1NC(=O)NCCc1ccc2c(c1)OCCO2. The number of benzene rings is 2. The second-order valence-corrected chi connectivity index (χ2v) is 5.54. The van der Waals surface area contributed by atoms with Crippen LogP contribution in [0.1, 0.15) is 12.5 Å². The number of carbonyl (C=O) groups is 1. The lowest BCUT2D eigenvalue weighted by molar-refractivity contribution is 0.171. The van der Waals surface area contributed by atoms with Gasteiger partial charge in [-0.25, -0.2) is 4.79 Å². The van der Waals surface area contributed by atoms with Gasteiger partial charge in [0.05, 0.1) is 12.3 Å². The van der Waals surface area contributed by atoms with Crippen molar-refractivity contribution in [3.63, 3.8) is 0 Å². The summed E-state index contributed by atoms with van der Waals surface area (Å²) in [5.74, 6) is 2.19. The van der Waals surface area contributed by atoms with E-state index in [1.165, 1.54) is 0 Å². The summed E-state index contributed by atoms with van der Waals surface area (Å²) in [6, 6.07) is 12.9. The molecule has 2 aromatic rings. The molecule has 6 heteroatoms. The number of fused-ring (bicyclic) bond motifs is 1. The van der Waals surface area contributed by atoms with Crippen LogP contribution in [0.5, 0.6) is 17.2 Å². The van der Waals surface area contributed by atoms with E-state index < -0.39 is 0 Å². The molecule has 1 aliphatic heterocycles. The van der Waals surface area contributed by atoms with E-state index >= 15 is 0 Å². The standard InChI is InChI=1S/C19H22N2O4/c1-2-23-16-6-4-3-5-15(16)21-19(22)20-10-9-14-7-8-17-18(13-14)25-12-11-24-17/h3-8,13H,2,9-12H2,1H3,(H2,20,21,22). The minimum atomic E-state index is -0.260. The van der Waals surface area contributed by atoms with E-state index in [0.29, 0.717) is 44.2 Å². The largest absolute Gasteiger partial charge is 0.492 e. The fourth-order valence-electron chi connectivity index (χ4n) is 2.58. The molecule has 0 atom stereocenters. The molecule has 6 nitrogen and oxygen atoms in total. The minimum Gasteiger partial charge on any atom is -0.492 e. The lowest BCUT2D eigenvalue weighted by Crippen LogP contribution is -2.30. The van der Waals surface area contributed by atoms with Crippen LogP contribution in [0.3, 0.4) is 0 Å². The highest BCUT2D eigenvalue weighted by Gasteiger charge is 2.12. The van der Waals surface area contributed by atoms with Gasteiger partial charge in [0.1, 0.15) is 19.0 Å². The normalized spacial score (nSPS) is 12.4. The van der Waals surface area contributed by atoms with E-state index in [9.17, 15) is 4.79 Å². The molecule has 0 bridgehead atoms. The third-order valence-electron chi connectivity index (χ3n) is 3.74. The summed E-state index contributed by atoms with van der Waals surface area (Å²) in [6.45, 7) is 4.12. The lowest BCUT2D eigenvalue weighted by atomic mass is 10.1. The quantitative estimate of drug-likeness (QED) is 0.846. The van der Waals surface area contributed by atoms with E-state index in [1.54, 1.807) is 0 Å². The van der Waals surface area contributed by atoms with Gasteiger partial charge in [0.25, 0.3) is 0 Å². The Bertz CT molecular complexity index is 733. The number of carbonyl (C=O) groups excluding carboxylic acids is 1. The monoisotopic (exact) mass is 342 g/mol. The first-order valence-electron chi connectivity index (χ1n) is 8.41. The van der Waals surface area contributed by atoms with Gasteiger partial charge in [-0.05, 0) is 43.2 Å². The maximum absolute atomic E-state index is 12.1. The van der Waals surface area contributed by atoms with Crippen molar-refractivity contribution in [1.29, 1.82) is 0 Å². The second-order valence-electron chi connectivity index (χ2n) is 5.54. The molecule has 132 valence electrons. The molecule has 2 N–H and O–H groups in total. The zero-order valence-corrected chi connectivity index (χ0v) is 14.2. The number of hydrogen-bond donors (Lipinski definition) is 2. The van der Waals surface area contributed by atoms with Gasteiger partial charge in [-0.3, -0.25) is 0 Å². The Morgan fingerprint density at radius 1 is 1.12 bits per heavy atom. The van der Waals surface area contributed by atoms with Crippen molar-refractivity contribution in [2.45, 2.75) is 13.3 Å². The van der Waals surface area contributed by atoms with Gasteiger partial charge in [0.2, 0.25) is 0 Å². The summed E-state index contributed by atoms with van der Waals surface area (Å²) in [4.78, 5) is 12.1. The van der Waals surface area contributed by atoms with Crippen molar-refractivity contribution in [3.8, 4) is 17.2 Å². The molecule has 2 aromatic carbocycles. The highest BCUT2D eigenvalue weighted by atomic mass is 16.6. The van der Waals surface area contributed by atoms with Gasteiger partial charge in [0.15, 0.2) is 11.5 Å². The zero-order valence-electron chi connectivity index (χ0n) is 14.2. The van der Waals surface area contributed by atoms with Gasteiger partial charge in [-0.2, -0.15) is 0 Å². The molecule has 2 amide bonds. The van der Waals surface area contributed by atoms with Gasteiger partial charge >= 0.3 is 6.03 Å². The van der Waals surface area contributed by atoms with E-state index in [2.05, 4.69) is 10.6 Å². The van der Waals surface area contributed by atoms with Crippen LogP contribution in [-0.4, -0.2) is 32.4 Å². The molecule has 0 saturated carbocycles. The molecule has 0 fully saturated rings. The van der Waals surface area contributed by atoms with Gasteiger partial charge < -0.3 is 24.8 Å². The van der Waals surface area contributed by atoms with Crippen molar-refractivity contribution in [3.05, 3.63) is 48.0 Å². The second kappa shape index (κ2) is 8.28. The molecular formula is C19H22N2O4. The first kappa shape index (κ1) is 17.0. The number of urea groups is 1. The van der Waals surface area contributed by atoms with Crippen LogP contribution in [0.25, 0.3) is 0 Å². The molecule has 0 unspecified atom stereocenters. The predicted molar refractivity (Wildman–Crippen MR) is 95.8 cm³/mol. The maximum Gasteiger partial charge on any atom is 0.319 e. The predicted octanol–water partition coefficient (Wildman–Crippen LogP) is 3.22. The van der Waals surface area contributed by atoms with Crippen LogP contribution >= 0.6 is 0 Å².